The summed E-state index contributed by atoms with van der Waals surface area (Å²) in [5, 5.41) is 3.31. The van der Waals surface area contributed by atoms with Gasteiger partial charge in [-0.2, -0.15) is 0 Å². The van der Waals surface area contributed by atoms with Crippen molar-refractivity contribution in [3.05, 3.63) is 47.8 Å². The van der Waals surface area contributed by atoms with Crippen molar-refractivity contribution in [2.24, 2.45) is 0 Å². The molecule has 0 bridgehead atoms. The van der Waals surface area contributed by atoms with E-state index in [1.54, 1.807) is 6.07 Å². The Morgan fingerprint density at radius 1 is 1.44 bits per heavy atom. The highest BCUT2D eigenvalue weighted by molar-refractivity contribution is 5.18. The monoisotopic (exact) mass is 251 g/mol. The van der Waals surface area contributed by atoms with Crippen LogP contribution in [0.3, 0.4) is 0 Å². The molecule has 0 aliphatic rings. The third-order valence-corrected chi connectivity index (χ3v) is 2.57. The van der Waals surface area contributed by atoms with E-state index >= 15 is 0 Å². The highest BCUT2D eigenvalue weighted by Gasteiger charge is 2.06. The van der Waals surface area contributed by atoms with Crippen molar-refractivity contribution in [3.63, 3.8) is 0 Å². The predicted octanol–water partition coefficient (Wildman–Crippen LogP) is 2.94. The maximum absolute atomic E-state index is 13.4. The molecule has 18 heavy (non-hydrogen) atoms. The fraction of sp³-hybridized carbons (Fsp3) is 0.467. The van der Waals surface area contributed by atoms with Crippen LogP contribution in [0.2, 0.25) is 0 Å². The first-order valence-corrected chi connectivity index (χ1v) is 6.28. The molecule has 0 aliphatic carbocycles. The van der Waals surface area contributed by atoms with Crippen LogP contribution in [0.5, 0.6) is 0 Å². The quantitative estimate of drug-likeness (QED) is 0.566. The van der Waals surface area contributed by atoms with Gasteiger partial charge in [0.15, 0.2) is 0 Å². The molecule has 0 fully saturated rings. The zero-order valence-corrected chi connectivity index (χ0v) is 11.2. The second kappa shape index (κ2) is 8.01. The SMILES string of the molecule is C=C(C)COCCNC(C)Cc1ccccc1F. The van der Waals surface area contributed by atoms with Gasteiger partial charge in [0.05, 0.1) is 13.2 Å². The zero-order valence-electron chi connectivity index (χ0n) is 11.2. The topological polar surface area (TPSA) is 21.3 Å². The summed E-state index contributed by atoms with van der Waals surface area (Å²) in [6.45, 7) is 9.77. The van der Waals surface area contributed by atoms with Gasteiger partial charge < -0.3 is 10.1 Å². The van der Waals surface area contributed by atoms with Crippen molar-refractivity contribution in [3.8, 4) is 0 Å². The Morgan fingerprint density at radius 3 is 2.83 bits per heavy atom. The van der Waals surface area contributed by atoms with Crippen molar-refractivity contribution in [2.45, 2.75) is 26.3 Å². The summed E-state index contributed by atoms with van der Waals surface area (Å²) in [4.78, 5) is 0. The molecule has 0 aliphatic heterocycles. The molecule has 1 aromatic rings. The summed E-state index contributed by atoms with van der Waals surface area (Å²) in [6, 6.07) is 7.13. The minimum Gasteiger partial charge on any atom is -0.376 e. The van der Waals surface area contributed by atoms with Gasteiger partial charge in [-0.05, 0) is 31.9 Å². The lowest BCUT2D eigenvalue weighted by atomic mass is 10.1. The number of nitrogens with one attached hydrogen (secondary N) is 1. The lowest BCUT2D eigenvalue weighted by Crippen LogP contribution is -2.31. The molecular weight excluding hydrogens is 229 g/mol. The van der Waals surface area contributed by atoms with E-state index in [0.717, 1.165) is 17.7 Å². The molecule has 1 rings (SSSR count). The molecule has 3 heteroatoms. The van der Waals surface area contributed by atoms with E-state index in [4.69, 9.17) is 4.74 Å². The summed E-state index contributed by atoms with van der Waals surface area (Å²) in [7, 11) is 0. The van der Waals surface area contributed by atoms with Crippen LogP contribution >= 0.6 is 0 Å². The number of hydrogen-bond donors (Lipinski definition) is 1. The van der Waals surface area contributed by atoms with Gasteiger partial charge >= 0.3 is 0 Å². The normalized spacial score (nSPS) is 12.4. The molecule has 1 atom stereocenters. The van der Waals surface area contributed by atoms with Crippen LogP contribution in [0.1, 0.15) is 19.4 Å². The van der Waals surface area contributed by atoms with Crippen molar-refractivity contribution in [2.75, 3.05) is 19.8 Å². The predicted molar refractivity (Wildman–Crippen MR) is 73.2 cm³/mol. The highest BCUT2D eigenvalue weighted by Crippen LogP contribution is 2.08. The third-order valence-electron chi connectivity index (χ3n) is 2.57. The molecule has 0 aromatic heterocycles. The average molecular weight is 251 g/mol. The van der Waals surface area contributed by atoms with Gasteiger partial charge in [-0.3, -0.25) is 0 Å². The Bertz CT molecular complexity index is 379. The number of halogens is 1. The first kappa shape index (κ1) is 14.9. The minimum atomic E-state index is -0.135. The molecule has 1 unspecified atom stereocenters. The highest BCUT2D eigenvalue weighted by atomic mass is 19.1. The maximum atomic E-state index is 13.4. The summed E-state index contributed by atoms with van der Waals surface area (Å²) in [6.07, 6.45) is 0.688. The molecule has 100 valence electrons. The maximum Gasteiger partial charge on any atom is 0.126 e. The molecule has 0 radical (unpaired) electrons. The number of benzene rings is 1. The van der Waals surface area contributed by atoms with Crippen LogP contribution in [0.15, 0.2) is 36.4 Å². The summed E-state index contributed by atoms with van der Waals surface area (Å²) in [5.41, 5.74) is 1.77. The van der Waals surface area contributed by atoms with E-state index in [-0.39, 0.29) is 11.9 Å². The molecule has 1 aromatic carbocycles. The Hall–Kier alpha value is -1.19. The second-order valence-corrected chi connectivity index (χ2v) is 4.66. The van der Waals surface area contributed by atoms with E-state index < -0.39 is 0 Å². The minimum absolute atomic E-state index is 0.135. The molecule has 2 nitrogen and oxygen atoms in total. The average Bonchev–Trinajstić information content (AvgIpc) is 2.31. The van der Waals surface area contributed by atoms with Gasteiger partial charge in [0, 0.05) is 12.6 Å². The molecular formula is C15H22FNO. The van der Waals surface area contributed by atoms with Gasteiger partial charge in [0.1, 0.15) is 5.82 Å². The van der Waals surface area contributed by atoms with E-state index in [2.05, 4.69) is 11.9 Å². The lowest BCUT2D eigenvalue weighted by molar-refractivity contribution is 0.155. The van der Waals surface area contributed by atoms with E-state index in [1.165, 1.54) is 6.07 Å². The largest absolute Gasteiger partial charge is 0.376 e. The summed E-state index contributed by atoms with van der Waals surface area (Å²) in [5.74, 6) is -0.135. The van der Waals surface area contributed by atoms with E-state index in [0.29, 0.717) is 19.6 Å². The van der Waals surface area contributed by atoms with Gasteiger partial charge in [-0.25, -0.2) is 4.39 Å². The van der Waals surface area contributed by atoms with Crippen molar-refractivity contribution in [1.29, 1.82) is 0 Å². The second-order valence-electron chi connectivity index (χ2n) is 4.66. The van der Waals surface area contributed by atoms with Crippen LogP contribution in [-0.2, 0) is 11.2 Å². The Kier molecular flexibility index (Phi) is 6.61. The first-order chi connectivity index (χ1) is 8.59. The Labute approximate surface area is 109 Å². The van der Waals surface area contributed by atoms with Crippen LogP contribution in [0, 0.1) is 5.82 Å². The standard InChI is InChI=1S/C15H22FNO/c1-12(2)11-18-9-8-17-13(3)10-14-6-4-5-7-15(14)16/h4-7,13,17H,1,8-11H2,2-3H3. The van der Waals surface area contributed by atoms with Gasteiger partial charge in [-0.1, -0.05) is 30.4 Å². The van der Waals surface area contributed by atoms with Crippen LogP contribution < -0.4 is 5.32 Å². The lowest BCUT2D eigenvalue weighted by Gasteiger charge is -2.14. The van der Waals surface area contributed by atoms with Crippen molar-refractivity contribution >= 4 is 0 Å². The molecule has 0 saturated heterocycles. The van der Waals surface area contributed by atoms with Crippen LogP contribution in [-0.4, -0.2) is 25.8 Å². The molecule has 1 N–H and O–H groups in total. The smallest absolute Gasteiger partial charge is 0.126 e. The van der Waals surface area contributed by atoms with Gasteiger partial charge in [0.2, 0.25) is 0 Å². The Balaban J connectivity index is 2.20. The molecule has 0 amide bonds. The third kappa shape index (κ3) is 5.94. The Morgan fingerprint density at radius 2 is 2.17 bits per heavy atom. The van der Waals surface area contributed by atoms with Gasteiger partial charge in [0.25, 0.3) is 0 Å². The van der Waals surface area contributed by atoms with Crippen LogP contribution in [0.4, 0.5) is 4.39 Å². The van der Waals surface area contributed by atoms with E-state index in [9.17, 15) is 4.39 Å². The molecule has 0 saturated carbocycles. The van der Waals surface area contributed by atoms with Gasteiger partial charge in [-0.15, -0.1) is 0 Å². The summed E-state index contributed by atoms with van der Waals surface area (Å²) < 4.78 is 18.8. The molecule has 0 spiro atoms. The number of rotatable bonds is 8. The first-order valence-electron chi connectivity index (χ1n) is 6.28. The number of hydrogen-bond acceptors (Lipinski definition) is 2. The summed E-state index contributed by atoms with van der Waals surface area (Å²) >= 11 is 0. The fourth-order valence-electron chi connectivity index (χ4n) is 1.69. The zero-order chi connectivity index (χ0) is 13.4. The van der Waals surface area contributed by atoms with Crippen molar-refractivity contribution < 1.29 is 9.13 Å². The number of ether oxygens (including phenoxy) is 1. The van der Waals surface area contributed by atoms with E-state index in [1.807, 2.05) is 26.0 Å². The van der Waals surface area contributed by atoms with Crippen LogP contribution in [0.25, 0.3) is 0 Å². The fourth-order valence-corrected chi connectivity index (χ4v) is 1.69. The van der Waals surface area contributed by atoms with Crippen molar-refractivity contribution in [1.82, 2.24) is 5.32 Å². The molecule has 0 heterocycles.